The lowest BCUT2D eigenvalue weighted by Gasteiger charge is -2.13. The standard InChI is InChI=1S/C21H23NO5/c1-4-26-18-8-6-5-7-17(18)21(25)22-13-19(23)27-15(3)20(24)16-11-9-14(2)10-12-16/h5-12,15H,4,13H2,1-3H3,(H,22,25)/t15-/m0/s1. The second kappa shape index (κ2) is 9.52. The quantitative estimate of drug-likeness (QED) is 0.571. The number of amides is 1. The van der Waals surface area contributed by atoms with Crippen LogP contribution in [0.1, 0.15) is 40.1 Å². The van der Waals surface area contributed by atoms with Crippen molar-refractivity contribution in [2.75, 3.05) is 13.2 Å². The zero-order valence-corrected chi connectivity index (χ0v) is 15.7. The molecule has 6 nitrogen and oxygen atoms in total. The second-order valence-electron chi connectivity index (χ2n) is 5.97. The fourth-order valence-electron chi connectivity index (χ4n) is 2.43. The number of aryl methyl sites for hydroxylation is 1. The molecule has 0 aromatic heterocycles. The van der Waals surface area contributed by atoms with Gasteiger partial charge in [-0.2, -0.15) is 0 Å². The van der Waals surface area contributed by atoms with Crippen LogP contribution in [-0.2, 0) is 9.53 Å². The Balaban J connectivity index is 1.89. The molecule has 2 aromatic rings. The lowest BCUT2D eigenvalue weighted by molar-refractivity contribution is -0.145. The number of carbonyl (C=O) groups excluding carboxylic acids is 3. The minimum Gasteiger partial charge on any atom is -0.493 e. The van der Waals surface area contributed by atoms with E-state index in [0.717, 1.165) is 5.56 Å². The molecule has 2 rings (SSSR count). The number of carbonyl (C=O) groups is 3. The Kier molecular flexibility index (Phi) is 7.11. The van der Waals surface area contributed by atoms with Gasteiger partial charge in [-0.3, -0.25) is 14.4 Å². The summed E-state index contributed by atoms with van der Waals surface area (Å²) in [6, 6.07) is 13.8. The van der Waals surface area contributed by atoms with E-state index in [4.69, 9.17) is 9.47 Å². The third-order valence-electron chi connectivity index (χ3n) is 3.84. The molecule has 0 fully saturated rings. The molecule has 0 aliphatic rings. The summed E-state index contributed by atoms with van der Waals surface area (Å²) >= 11 is 0. The van der Waals surface area contributed by atoms with Crippen LogP contribution in [0, 0.1) is 6.92 Å². The Morgan fingerprint density at radius 3 is 2.37 bits per heavy atom. The zero-order valence-electron chi connectivity index (χ0n) is 15.7. The SMILES string of the molecule is CCOc1ccccc1C(=O)NCC(=O)O[C@@H](C)C(=O)c1ccc(C)cc1. The fourth-order valence-corrected chi connectivity index (χ4v) is 2.43. The number of esters is 1. The molecular formula is C21H23NO5. The highest BCUT2D eigenvalue weighted by atomic mass is 16.5. The molecular weight excluding hydrogens is 346 g/mol. The van der Waals surface area contributed by atoms with E-state index < -0.39 is 18.0 Å². The van der Waals surface area contributed by atoms with Crippen LogP contribution in [-0.4, -0.2) is 36.9 Å². The fraction of sp³-hybridized carbons (Fsp3) is 0.286. The lowest BCUT2D eigenvalue weighted by Crippen LogP contribution is -2.34. The highest BCUT2D eigenvalue weighted by molar-refractivity contribution is 6.01. The minimum atomic E-state index is -0.937. The molecule has 2 aromatic carbocycles. The van der Waals surface area contributed by atoms with Crippen molar-refractivity contribution in [3.05, 3.63) is 65.2 Å². The van der Waals surface area contributed by atoms with E-state index in [1.54, 1.807) is 36.4 Å². The van der Waals surface area contributed by atoms with Gasteiger partial charge in [0.1, 0.15) is 12.3 Å². The van der Waals surface area contributed by atoms with Gasteiger partial charge in [0, 0.05) is 5.56 Å². The summed E-state index contributed by atoms with van der Waals surface area (Å²) in [5, 5.41) is 2.48. The number of ketones is 1. The third kappa shape index (κ3) is 5.67. The highest BCUT2D eigenvalue weighted by Crippen LogP contribution is 2.17. The summed E-state index contributed by atoms with van der Waals surface area (Å²) in [6.45, 7) is 5.32. The van der Waals surface area contributed by atoms with Gasteiger partial charge in [0.15, 0.2) is 6.10 Å². The van der Waals surface area contributed by atoms with Crippen molar-refractivity contribution < 1.29 is 23.9 Å². The van der Waals surface area contributed by atoms with Gasteiger partial charge >= 0.3 is 5.97 Å². The van der Waals surface area contributed by atoms with Crippen LogP contribution in [0.5, 0.6) is 5.75 Å². The van der Waals surface area contributed by atoms with E-state index >= 15 is 0 Å². The Hall–Kier alpha value is -3.15. The van der Waals surface area contributed by atoms with Crippen LogP contribution < -0.4 is 10.1 Å². The van der Waals surface area contributed by atoms with Crippen LogP contribution >= 0.6 is 0 Å². The smallest absolute Gasteiger partial charge is 0.326 e. The molecule has 0 heterocycles. The summed E-state index contributed by atoms with van der Waals surface area (Å²) in [6.07, 6.45) is -0.937. The molecule has 0 aliphatic carbocycles. The number of para-hydroxylation sites is 1. The average molecular weight is 369 g/mol. The number of nitrogens with one attached hydrogen (secondary N) is 1. The van der Waals surface area contributed by atoms with E-state index in [1.165, 1.54) is 6.92 Å². The molecule has 0 spiro atoms. The van der Waals surface area contributed by atoms with Gasteiger partial charge in [0.05, 0.1) is 12.2 Å². The predicted octanol–water partition coefficient (Wildman–Crippen LogP) is 2.94. The summed E-state index contributed by atoms with van der Waals surface area (Å²) in [5.74, 6) is -0.996. The minimum absolute atomic E-state index is 0.295. The largest absolute Gasteiger partial charge is 0.493 e. The Bertz CT molecular complexity index is 814. The molecule has 0 aliphatic heterocycles. The van der Waals surface area contributed by atoms with Crippen LogP contribution in [0.2, 0.25) is 0 Å². The Labute approximate surface area is 158 Å². The normalized spacial score (nSPS) is 11.4. The zero-order chi connectivity index (χ0) is 19.8. The Morgan fingerprint density at radius 2 is 1.70 bits per heavy atom. The van der Waals surface area contributed by atoms with Crippen molar-refractivity contribution in [1.82, 2.24) is 5.32 Å². The van der Waals surface area contributed by atoms with E-state index in [9.17, 15) is 14.4 Å². The lowest BCUT2D eigenvalue weighted by atomic mass is 10.1. The molecule has 0 radical (unpaired) electrons. The summed E-state index contributed by atoms with van der Waals surface area (Å²) in [7, 11) is 0. The molecule has 27 heavy (non-hydrogen) atoms. The van der Waals surface area contributed by atoms with Gasteiger partial charge in [-0.05, 0) is 32.9 Å². The number of rotatable bonds is 8. The van der Waals surface area contributed by atoms with Gasteiger partial charge in [0.25, 0.3) is 5.91 Å². The summed E-state index contributed by atoms with van der Waals surface area (Å²) < 4.78 is 10.5. The van der Waals surface area contributed by atoms with Crippen molar-refractivity contribution in [1.29, 1.82) is 0 Å². The first kappa shape index (κ1) is 20.2. The van der Waals surface area contributed by atoms with Gasteiger partial charge < -0.3 is 14.8 Å². The van der Waals surface area contributed by atoms with Crippen molar-refractivity contribution in [2.45, 2.75) is 26.9 Å². The third-order valence-corrected chi connectivity index (χ3v) is 3.84. The second-order valence-corrected chi connectivity index (χ2v) is 5.97. The molecule has 1 atom stereocenters. The molecule has 142 valence electrons. The maximum atomic E-state index is 12.3. The molecule has 0 saturated heterocycles. The van der Waals surface area contributed by atoms with Gasteiger partial charge in [-0.25, -0.2) is 0 Å². The van der Waals surface area contributed by atoms with Gasteiger partial charge in [-0.15, -0.1) is 0 Å². The molecule has 0 saturated carbocycles. The highest BCUT2D eigenvalue weighted by Gasteiger charge is 2.20. The summed E-state index contributed by atoms with van der Waals surface area (Å²) in [5.41, 5.74) is 1.83. The number of ether oxygens (including phenoxy) is 2. The van der Waals surface area contributed by atoms with Crippen molar-refractivity contribution >= 4 is 17.7 Å². The van der Waals surface area contributed by atoms with E-state index in [1.807, 2.05) is 26.0 Å². The van der Waals surface area contributed by atoms with E-state index in [0.29, 0.717) is 23.5 Å². The number of hydrogen-bond donors (Lipinski definition) is 1. The van der Waals surface area contributed by atoms with Crippen LogP contribution in [0.25, 0.3) is 0 Å². The van der Waals surface area contributed by atoms with Crippen molar-refractivity contribution in [3.8, 4) is 5.75 Å². The first-order valence-corrected chi connectivity index (χ1v) is 8.72. The Morgan fingerprint density at radius 1 is 1.04 bits per heavy atom. The average Bonchev–Trinajstić information content (AvgIpc) is 2.67. The molecule has 1 N–H and O–H groups in total. The first-order valence-electron chi connectivity index (χ1n) is 8.72. The maximum absolute atomic E-state index is 12.3. The van der Waals surface area contributed by atoms with Crippen LogP contribution in [0.15, 0.2) is 48.5 Å². The number of Topliss-reactive ketones (excluding diaryl/α,β-unsaturated/α-hetero) is 1. The molecule has 0 unspecified atom stereocenters. The van der Waals surface area contributed by atoms with Crippen molar-refractivity contribution in [3.63, 3.8) is 0 Å². The van der Waals surface area contributed by atoms with Gasteiger partial charge in [0.2, 0.25) is 5.78 Å². The predicted molar refractivity (Wildman–Crippen MR) is 101 cm³/mol. The maximum Gasteiger partial charge on any atom is 0.326 e. The van der Waals surface area contributed by atoms with E-state index in [2.05, 4.69) is 5.32 Å². The van der Waals surface area contributed by atoms with E-state index in [-0.39, 0.29) is 12.3 Å². The first-order chi connectivity index (χ1) is 12.9. The van der Waals surface area contributed by atoms with Crippen LogP contribution in [0.4, 0.5) is 0 Å². The van der Waals surface area contributed by atoms with Crippen LogP contribution in [0.3, 0.4) is 0 Å². The number of hydrogen-bond acceptors (Lipinski definition) is 5. The topological polar surface area (TPSA) is 81.7 Å². The summed E-state index contributed by atoms with van der Waals surface area (Å²) in [4.78, 5) is 36.5. The monoisotopic (exact) mass is 369 g/mol. The molecule has 0 bridgehead atoms. The van der Waals surface area contributed by atoms with Crippen molar-refractivity contribution in [2.24, 2.45) is 0 Å². The number of benzene rings is 2. The van der Waals surface area contributed by atoms with Gasteiger partial charge in [-0.1, -0.05) is 42.0 Å². The molecule has 1 amide bonds. The molecule has 6 heteroatoms.